The lowest BCUT2D eigenvalue weighted by Gasteiger charge is -2.22. The molecule has 0 aromatic carbocycles. The Morgan fingerprint density at radius 1 is 1.40 bits per heavy atom. The van der Waals surface area contributed by atoms with Gasteiger partial charge in [-0.3, -0.25) is 0 Å². The first-order chi connectivity index (χ1) is 7.34. The number of H-pyrrole nitrogens is 1. The first-order valence-electron chi connectivity index (χ1n) is 5.72. The summed E-state index contributed by atoms with van der Waals surface area (Å²) in [6.07, 6.45) is 2.64. The number of aryl methyl sites for hydroxylation is 1. The quantitative estimate of drug-likeness (QED) is 0.805. The van der Waals surface area contributed by atoms with Crippen molar-refractivity contribution < 1.29 is 0 Å². The van der Waals surface area contributed by atoms with E-state index >= 15 is 0 Å². The summed E-state index contributed by atoms with van der Waals surface area (Å²) in [5.74, 6) is 4.35. The maximum absolute atomic E-state index is 4.76. The van der Waals surface area contributed by atoms with Gasteiger partial charge in [0.25, 0.3) is 0 Å². The van der Waals surface area contributed by atoms with Crippen LogP contribution in [0.3, 0.4) is 0 Å². The van der Waals surface area contributed by atoms with E-state index in [0.29, 0.717) is 6.04 Å². The molecule has 1 aromatic heterocycles. The Labute approximate surface area is 94.4 Å². The molecule has 1 saturated heterocycles. The Morgan fingerprint density at radius 3 is 2.93 bits per heavy atom. The molecule has 82 valence electrons. The van der Waals surface area contributed by atoms with E-state index in [2.05, 4.69) is 17.2 Å². The van der Waals surface area contributed by atoms with Crippen LogP contribution < -0.4 is 5.32 Å². The third kappa shape index (κ3) is 1.93. The lowest BCUT2D eigenvalue weighted by atomic mass is 10.2. The minimum Gasteiger partial charge on any atom is -0.346 e. The topological polar surface area (TPSA) is 40.7 Å². The van der Waals surface area contributed by atoms with Crippen LogP contribution >= 0.6 is 11.8 Å². The van der Waals surface area contributed by atoms with Crippen molar-refractivity contribution in [3.05, 3.63) is 17.2 Å². The van der Waals surface area contributed by atoms with E-state index < -0.39 is 0 Å². The second-order valence-corrected chi connectivity index (χ2v) is 5.64. The van der Waals surface area contributed by atoms with Crippen LogP contribution in [0.2, 0.25) is 0 Å². The van der Waals surface area contributed by atoms with Crippen molar-refractivity contribution in [1.82, 2.24) is 15.3 Å². The molecule has 0 amide bonds. The highest BCUT2D eigenvalue weighted by Gasteiger charge is 2.29. The molecule has 2 heterocycles. The number of rotatable bonds is 2. The molecule has 2 N–H and O–H groups in total. The van der Waals surface area contributed by atoms with E-state index in [9.17, 15) is 0 Å². The molecule has 2 aliphatic rings. The lowest BCUT2D eigenvalue weighted by Crippen LogP contribution is -2.30. The molecule has 3 nitrogen and oxygen atoms in total. The monoisotopic (exact) mass is 223 g/mol. The fourth-order valence-electron chi connectivity index (χ4n) is 2.13. The summed E-state index contributed by atoms with van der Waals surface area (Å²) in [6.45, 7) is 3.26. The highest BCUT2D eigenvalue weighted by Crippen LogP contribution is 2.39. The van der Waals surface area contributed by atoms with Crippen LogP contribution in [0.1, 0.15) is 42.0 Å². The van der Waals surface area contributed by atoms with Gasteiger partial charge in [-0.05, 0) is 19.8 Å². The number of imidazole rings is 1. The summed E-state index contributed by atoms with van der Waals surface area (Å²) < 4.78 is 0. The van der Waals surface area contributed by atoms with Crippen LogP contribution in [-0.4, -0.2) is 28.0 Å². The first kappa shape index (κ1) is 9.73. The van der Waals surface area contributed by atoms with Gasteiger partial charge in [-0.15, -0.1) is 0 Å². The van der Waals surface area contributed by atoms with E-state index in [1.54, 1.807) is 0 Å². The molecule has 15 heavy (non-hydrogen) atoms. The average molecular weight is 223 g/mol. The van der Waals surface area contributed by atoms with Crippen molar-refractivity contribution in [3.63, 3.8) is 0 Å². The molecule has 1 unspecified atom stereocenters. The highest BCUT2D eigenvalue weighted by molar-refractivity contribution is 7.99. The van der Waals surface area contributed by atoms with Gasteiger partial charge >= 0.3 is 0 Å². The number of hydrogen-bond donors (Lipinski definition) is 2. The van der Waals surface area contributed by atoms with E-state index in [1.165, 1.54) is 35.8 Å². The maximum Gasteiger partial charge on any atom is 0.109 e. The van der Waals surface area contributed by atoms with Crippen LogP contribution in [0.5, 0.6) is 0 Å². The van der Waals surface area contributed by atoms with Crippen LogP contribution in [-0.2, 0) is 0 Å². The van der Waals surface area contributed by atoms with Crippen molar-refractivity contribution in [2.45, 2.75) is 31.7 Å². The number of nitrogens with one attached hydrogen (secondary N) is 2. The number of hydrogen-bond acceptors (Lipinski definition) is 3. The molecule has 0 bridgehead atoms. The summed E-state index contributed by atoms with van der Waals surface area (Å²) in [7, 11) is 0. The second kappa shape index (κ2) is 3.83. The zero-order chi connectivity index (χ0) is 10.3. The average Bonchev–Trinajstić information content (AvgIpc) is 3.04. The van der Waals surface area contributed by atoms with E-state index in [4.69, 9.17) is 4.98 Å². The third-order valence-electron chi connectivity index (χ3n) is 3.16. The predicted octanol–water partition coefficient (Wildman–Crippen LogP) is 1.97. The Morgan fingerprint density at radius 2 is 2.27 bits per heavy atom. The van der Waals surface area contributed by atoms with Crippen molar-refractivity contribution in [2.75, 3.05) is 18.1 Å². The van der Waals surface area contributed by atoms with Crippen molar-refractivity contribution >= 4 is 11.8 Å². The minimum absolute atomic E-state index is 0.465. The van der Waals surface area contributed by atoms with Gasteiger partial charge in [0.2, 0.25) is 0 Å². The smallest absolute Gasteiger partial charge is 0.109 e. The molecular weight excluding hydrogens is 206 g/mol. The van der Waals surface area contributed by atoms with Gasteiger partial charge < -0.3 is 10.3 Å². The van der Waals surface area contributed by atoms with Crippen LogP contribution in [0, 0.1) is 6.92 Å². The summed E-state index contributed by atoms with van der Waals surface area (Å²) in [5.41, 5.74) is 2.51. The summed E-state index contributed by atoms with van der Waals surface area (Å²) in [4.78, 5) is 8.21. The fraction of sp³-hybridized carbons (Fsp3) is 0.727. The lowest BCUT2D eigenvalue weighted by molar-refractivity contribution is 0.579. The van der Waals surface area contributed by atoms with Crippen molar-refractivity contribution in [2.24, 2.45) is 0 Å². The van der Waals surface area contributed by atoms with Gasteiger partial charge in [-0.1, -0.05) is 0 Å². The number of thioether (sulfide) groups is 1. The molecular formula is C11H17N3S. The molecule has 0 radical (unpaired) electrons. The Bertz CT molecular complexity index is 351. The zero-order valence-corrected chi connectivity index (χ0v) is 9.86. The van der Waals surface area contributed by atoms with Gasteiger partial charge in [0.15, 0.2) is 0 Å². The normalized spacial score (nSPS) is 26.9. The van der Waals surface area contributed by atoms with Crippen LogP contribution in [0.15, 0.2) is 0 Å². The van der Waals surface area contributed by atoms with Gasteiger partial charge in [-0.25, -0.2) is 4.98 Å². The second-order valence-electron chi connectivity index (χ2n) is 4.49. The highest BCUT2D eigenvalue weighted by atomic mass is 32.2. The van der Waals surface area contributed by atoms with Gasteiger partial charge in [-0.2, -0.15) is 11.8 Å². The van der Waals surface area contributed by atoms with Gasteiger partial charge in [0.1, 0.15) is 5.82 Å². The molecule has 1 saturated carbocycles. The summed E-state index contributed by atoms with van der Waals surface area (Å²) in [5, 5.41) is 3.55. The Balaban J connectivity index is 1.82. The molecule has 4 heteroatoms. The third-order valence-corrected chi connectivity index (χ3v) is 4.22. The van der Waals surface area contributed by atoms with Gasteiger partial charge in [0, 0.05) is 29.7 Å². The summed E-state index contributed by atoms with van der Waals surface area (Å²) in [6, 6.07) is 0.465. The standard InChI is InChI=1S/C11H17N3S/c1-7-10(9-6-15-5-4-12-9)14-11(13-7)8-2-3-8/h8-9,12H,2-6H2,1H3,(H,13,14). The molecule has 1 aliphatic heterocycles. The predicted molar refractivity (Wildman–Crippen MR) is 63.4 cm³/mol. The molecule has 3 rings (SSSR count). The van der Waals surface area contributed by atoms with E-state index in [1.807, 2.05) is 11.8 Å². The molecule has 1 aliphatic carbocycles. The van der Waals surface area contributed by atoms with Crippen molar-refractivity contribution in [1.29, 1.82) is 0 Å². The number of nitrogens with zero attached hydrogens (tertiary/aromatic N) is 1. The molecule has 0 spiro atoms. The molecule has 2 fully saturated rings. The van der Waals surface area contributed by atoms with Crippen LogP contribution in [0.25, 0.3) is 0 Å². The molecule has 1 aromatic rings. The van der Waals surface area contributed by atoms with Gasteiger partial charge in [0.05, 0.1) is 11.7 Å². The SMILES string of the molecule is Cc1[nH]c(C2CC2)nc1C1CSCCN1. The summed E-state index contributed by atoms with van der Waals surface area (Å²) >= 11 is 2.02. The largest absolute Gasteiger partial charge is 0.346 e. The Hall–Kier alpha value is -0.480. The Kier molecular flexibility index (Phi) is 2.48. The molecule has 1 atom stereocenters. The number of aromatic nitrogens is 2. The zero-order valence-electron chi connectivity index (χ0n) is 9.05. The van der Waals surface area contributed by atoms with Crippen molar-refractivity contribution in [3.8, 4) is 0 Å². The fourth-order valence-corrected chi connectivity index (χ4v) is 3.07. The first-order valence-corrected chi connectivity index (χ1v) is 6.87. The minimum atomic E-state index is 0.465. The van der Waals surface area contributed by atoms with Crippen LogP contribution in [0.4, 0.5) is 0 Å². The van der Waals surface area contributed by atoms with E-state index in [-0.39, 0.29) is 0 Å². The van der Waals surface area contributed by atoms with E-state index in [0.717, 1.165) is 18.2 Å². The maximum atomic E-state index is 4.76. The number of aromatic amines is 1.